The highest BCUT2D eigenvalue weighted by Gasteiger charge is 2.13. The van der Waals surface area contributed by atoms with Crippen LogP contribution in [0.4, 0.5) is 0 Å². The minimum absolute atomic E-state index is 0.0102. The number of hydrogen-bond donors (Lipinski definition) is 1. The largest absolute Gasteiger partial charge is 0.319 e. The van der Waals surface area contributed by atoms with E-state index in [-0.39, 0.29) is 5.91 Å². The summed E-state index contributed by atoms with van der Waals surface area (Å²) in [7, 11) is 0. The fourth-order valence-corrected chi connectivity index (χ4v) is 2.56. The zero-order chi connectivity index (χ0) is 14.1. The van der Waals surface area contributed by atoms with Crippen molar-refractivity contribution in [2.24, 2.45) is 5.10 Å². The molecule has 0 fully saturated rings. The molecule has 0 atom stereocenters. The van der Waals surface area contributed by atoms with Crippen LogP contribution >= 0.6 is 0 Å². The summed E-state index contributed by atoms with van der Waals surface area (Å²) in [5, 5.41) is 4.12. The number of carbonyl (C=O) groups excluding carboxylic acids is 1. The summed E-state index contributed by atoms with van der Waals surface area (Å²) < 4.78 is 2.22. The average molecular weight is 267 g/mol. The molecule has 3 rings (SSSR count). The average Bonchev–Trinajstić information content (AvgIpc) is 2.79. The Kier molecular flexibility index (Phi) is 3.14. The Hall–Kier alpha value is -2.36. The number of aromatic nitrogens is 1. The van der Waals surface area contributed by atoms with Crippen molar-refractivity contribution < 1.29 is 4.79 Å². The number of nitrogens with zero attached hydrogens (tertiary/aromatic N) is 2. The molecule has 1 aromatic carbocycles. The first kappa shape index (κ1) is 12.7. The third-order valence-electron chi connectivity index (χ3n) is 3.63. The molecule has 0 saturated heterocycles. The first-order chi connectivity index (χ1) is 9.65. The summed E-state index contributed by atoms with van der Waals surface area (Å²) in [6.45, 7) is 4.20. The van der Waals surface area contributed by atoms with E-state index >= 15 is 0 Å². The summed E-state index contributed by atoms with van der Waals surface area (Å²) in [4.78, 5) is 11.1. The molecule has 0 aliphatic carbocycles. The van der Waals surface area contributed by atoms with Crippen molar-refractivity contribution in [3.8, 4) is 5.69 Å². The molecule has 20 heavy (non-hydrogen) atoms. The van der Waals surface area contributed by atoms with Crippen molar-refractivity contribution in [3.05, 3.63) is 53.3 Å². The van der Waals surface area contributed by atoms with Gasteiger partial charge in [-0.1, -0.05) is 12.1 Å². The van der Waals surface area contributed by atoms with E-state index in [9.17, 15) is 4.79 Å². The molecule has 1 amide bonds. The number of nitrogens with one attached hydrogen (secondary N) is 1. The maximum atomic E-state index is 11.1. The maximum Gasteiger partial charge on any atom is 0.240 e. The van der Waals surface area contributed by atoms with E-state index in [0.29, 0.717) is 12.8 Å². The van der Waals surface area contributed by atoms with Gasteiger partial charge in [0.2, 0.25) is 5.91 Å². The molecule has 1 N–H and O–H groups in total. The number of carbonyl (C=O) groups is 1. The van der Waals surface area contributed by atoms with Crippen LogP contribution in [0.3, 0.4) is 0 Å². The van der Waals surface area contributed by atoms with Crippen molar-refractivity contribution >= 4 is 11.6 Å². The van der Waals surface area contributed by atoms with E-state index in [0.717, 1.165) is 17.0 Å². The fourth-order valence-electron chi connectivity index (χ4n) is 2.56. The Morgan fingerprint density at radius 3 is 2.20 bits per heavy atom. The number of rotatable bonds is 2. The van der Waals surface area contributed by atoms with E-state index < -0.39 is 0 Å². The van der Waals surface area contributed by atoms with Crippen LogP contribution in [0.25, 0.3) is 5.69 Å². The Bertz CT molecular complexity index is 661. The lowest BCUT2D eigenvalue weighted by Gasteiger charge is -2.14. The molecule has 0 saturated carbocycles. The van der Waals surface area contributed by atoms with Crippen molar-refractivity contribution in [3.63, 3.8) is 0 Å². The second-order valence-corrected chi connectivity index (χ2v) is 5.09. The van der Waals surface area contributed by atoms with Crippen LogP contribution in [0.15, 0.2) is 41.5 Å². The zero-order valence-electron chi connectivity index (χ0n) is 11.7. The van der Waals surface area contributed by atoms with Gasteiger partial charge in [-0.2, -0.15) is 5.10 Å². The topological polar surface area (TPSA) is 46.4 Å². The van der Waals surface area contributed by atoms with Gasteiger partial charge in [0.05, 0.1) is 5.71 Å². The Morgan fingerprint density at radius 1 is 1.00 bits per heavy atom. The van der Waals surface area contributed by atoms with E-state index in [1.807, 2.05) is 0 Å². The summed E-state index contributed by atoms with van der Waals surface area (Å²) in [5.41, 5.74) is 8.13. The predicted octanol–water partition coefficient (Wildman–Crippen LogP) is 2.71. The summed E-state index contributed by atoms with van der Waals surface area (Å²) in [6, 6.07) is 12.5. The zero-order valence-corrected chi connectivity index (χ0v) is 11.7. The summed E-state index contributed by atoms with van der Waals surface area (Å²) in [6.07, 6.45) is 1.21. The number of aryl methyl sites for hydroxylation is 2. The molecular formula is C16H17N3O. The Balaban J connectivity index is 1.91. The summed E-state index contributed by atoms with van der Waals surface area (Å²) in [5.74, 6) is -0.0102. The summed E-state index contributed by atoms with van der Waals surface area (Å²) >= 11 is 0. The molecule has 0 unspecified atom stereocenters. The van der Waals surface area contributed by atoms with Gasteiger partial charge in [-0.05, 0) is 43.7 Å². The van der Waals surface area contributed by atoms with E-state index in [1.165, 1.54) is 11.4 Å². The molecule has 1 aliphatic heterocycles. The second kappa shape index (κ2) is 4.96. The third-order valence-corrected chi connectivity index (χ3v) is 3.63. The van der Waals surface area contributed by atoms with Gasteiger partial charge < -0.3 is 4.57 Å². The minimum atomic E-state index is -0.0102. The lowest BCUT2D eigenvalue weighted by molar-refractivity contribution is -0.121. The highest BCUT2D eigenvalue weighted by Crippen LogP contribution is 2.18. The third kappa shape index (κ3) is 2.25. The van der Waals surface area contributed by atoms with Crippen LogP contribution in [0, 0.1) is 13.8 Å². The molecule has 2 aromatic rings. The molecule has 1 aliphatic rings. The van der Waals surface area contributed by atoms with Gasteiger partial charge in [-0.15, -0.1) is 0 Å². The molecule has 0 bridgehead atoms. The first-order valence-electron chi connectivity index (χ1n) is 6.76. The van der Waals surface area contributed by atoms with Gasteiger partial charge in [0.15, 0.2) is 0 Å². The lowest BCUT2D eigenvalue weighted by Crippen LogP contribution is -2.25. The van der Waals surface area contributed by atoms with E-state index in [2.05, 4.69) is 65.3 Å². The Morgan fingerprint density at radius 2 is 1.65 bits per heavy atom. The quantitative estimate of drug-likeness (QED) is 0.893. The molecule has 1 aromatic heterocycles. The smallest absolute Gasteiger partial charge is 0.240 e. The molecule has 4 heteroatoms. The normalized spacial score (nSPS) is 14.9. The predicted molar refractivity (Wildman–Crippen MR) is 79.2 cm³/mol. The fraction of sp³-hybridized carbons (Fsp3) is 0.250. The SMILES string of the molecule is Cc1ccc(C)n1-c1ccc(C2=NNC(=O)CC2)cc1. The molecule has 4 nitrogen and oxygen atoms in total. The van der Waals surface area contributed by atoms with Crippen LogP contribution in [0.5, 0.6) is 0 Å². The highest BCUT2D eigenvalue weighted by molar-refractivity contribution is 6.04. The van der Waals surface area contributed by atoms with Gasteiger partial charge >= 0.3 is 0 Å². The number of benzene rings is 1. The number of hydrazone groups is 1. The minimum Gasteiger partial charge on any atom is -0.319 e. The number of amides is 1. The first-order valence-corrected chi connectivity index (χ1v) is 6.76. The molecule has 102 valence electrons. The molecular weight excluding hydrogens is 250 g/mol. The van der Waals surface area contributed by atoms with Gasteiger partial charge in [0.1, 0.15) is 0 Å². The molecule has 2 heterocycles. The molecule has 0 spiro atoms. The van der Waals surface area contributed by atoms with Gasteiger partial charge in [-0.3, -0.25) is 4.79 Å². The second-order valence-electron chi connectivity index (χ2n) is 5.09. The van der Waals surface area contributed by atoms with Crippen molar-refractivity contribution in [2.45, 2.75) is 26.7 Å². The maximum absolute atomic E-state index is 11.1. The van der Waals surface area contributed by atoms with Gasteiger partial charge in [0, 0.05) is 29.9 Å². The molecule has 0 radical (unpaired) electrons. The van der Waals surface area contributed by atoms with Crippen LogP contribution < -0.4 is 5.43 Å². The van der Waals surface area contributed by atoms with Crippen LogP contribution in [0.1, 0.15) is 29.8 Å². The van der Waals surface area contributed by atoms with Gasteiger partial charge in [-0.25, -0.2) is 5.43 Å². The van der Waals surface area contributed by atoms with E-state index in [1.54, 1.807) is 0 Å². The van der Waals surface area contributed by atoms with Crippen molar-refractivity contribution in [1.29, 1.82) is 0 Å². The van der Waals surface area contributed by atoms with Crippen LogP contribution in [0.2, 0.25) is 0 Å². The highest BCUT2D eigenvalue weighted by atomic mass is 16.2. The Labute approximate surface area is 118 Å². The lowest BCUT2D eigenvalue weighted by atomic mass is 10.0. The standard InChI is InChI=1S/C16H17N3O/c1-11-3-4-12(2)19(11)14-7-5-13(6-8-14)15-9-10-16(20)18-17-15/h3-8H,9-10H2,1-2H3,(H,18,20). The van der Waals surface area contributed by atoms with Crippen LogP contribution in [-0.2, 0) is 4.79 Å². The van der Waals surface area contributed by atoms with Gasteiger partial charge in [0.25, 0.3) is 0 Å². The van der Waals surface area contributed by atoms with Crippen molar-refractivity contribution in [1.82, 2.24) is 9.99 Å². The van der Waals surface area contributed by atoms with Crippen molar-refractivity contribution in [2.75, 3.05) is 0 Å². The number of hydrogen-bond acceptors (Lipinski definition) is 2. The van der Waals surface area contributed by atoms with E-state index in [4.69, 9.17) is 0 Å². The monoisotopic (exact) mass is 267 g/mol. The van der Waals surface area contributed by atoms with Crippen LogP contribution in [-0.4, -0.2) is 16.2 Å².